The number of likely N-dealkylation sites (tertiary alicyclic amines) is 2. The molecule has 4 aromatic rings. The first-order valence-electron chi connectivity index (χ1n) is 14.3. The van der Waals surface area contributed by atoms with Gasteiger partial charge in [0.1, 0.15) is 6.54 Å². The Morgan fingerprint density at radius 1 is 1.18 bits per heavy atom. The van der Waals surface area contributed by atoms with Gasteiger partial charge in [0.25, 0.3) is 5.91 Å². The lowest BCUT2D eigenvalue weighted by atomic mass is 9.72. The second-order valence-corrected chi connectivity index (χ2v) is 12.1. The molecule has 0 aliphatic carbocycles. The van der Waals surface area contributed by atoms with Crippen LogP contribution in [-0.4, -0.2) is 84.5 Å². The smallest absolute Gasteiger partial charge is 0.340 e. The van der Waals surface area contributed by atoms with Crippen LogP contribution in [-0.2, 0) is 17.5 Å². The van der Waals surface area contributed by atoms with Gasteiger partial charge in [0.2, 0.25) is 5.91 Å². The van der Waals surface area contributed by atoms with Crippen LogP contribution in [0.25, 0.3) is 16.9 Å². The van der Waals surface area contributed by atoms with E-state index in [0.29, 0.717) is 37.4 Å². The van der Waals surface area contributed by atoms with E-state index in [1.165, 1.54) is 23.0 Å². The fourth-order valence-corrected chi connectivity index (χ4v) is 6.66. The van der Waals surface area contributed by atoms with Crippen molar-refractivity contribution < 1.29 is 22.8 Å². The van der Waals surface area contributed by atoms with Crippen molar-refractivity contribution in [2.75, 3.05) is 38.0 Å². The average Bonchev–Trinajstić information content (AvgIpc) is 3.71. The Balaban J connectivity index is 1.04. The summed E-state index contributed by atoms with van der Waals surface area (Å²) in [6.45, 7) is 2.95. The second-order valence-electron chi connectivity index (χ2n) is 11.7. The zero-order valence-electron chi connectivity index (χ0n) is 23.7. The van der Waals surface area contributed by atoms with Crippen LogP contribution in [0.1, 0.15) is 28.9 Å². The molecule has 0 unspecified atom stereocenters. The Morgan fingerprint density at radius 2 is 1.96 bits per heavy atom. The highest BCUT2D eigenvalue weighted by molar-refractivity contribution is 6.34. The quantitative estimate of drug-likeness (QED) is 0.327. The minimum atomic E-state index is -4.75. The normalized spacial score (nSPS) is 19.0. The zero-order valence-corrected chi connectivity index (χ0v) is 24.4. The van der Waals surface area contributed by atoms with Gasteiger partial charge in [-0.3, -0.25) is 18.7 Å². The monoisotopic (exact) mass is 638 g/mol. The fourth-order valence-electron chi connectivity index (χ4n) is 6.39. The van der Waals surface area contributed by atoms with Crippen LogP contribution in [0, 0.1) is 16.7 Å². The number of fused-ring (bicyclic) bond motifs is 1. The maximum atomic E-state index is 13.8. The Labute approximate surface area is 259 Å². The van der Waals surface area contributed by atoms with Crippen LogP contribution in [0.15, 0.2) is 43.0 Å². The van der Waals surface area contributed by atoms with Gasteiger partial charge in [-0.2, -0.15) is 23.5 Å². The fraction of sp³-hybridized carbons (Fsp3) is 0.379. The first kappa shape index (κ1) is 29.1. The molecular weight excluding hydrogens is 613 g/mol. The molecule has 3 aliphatic rings. The van der Waals surface area contributed by atoms with E-state index in [1.54, 1.807) is 29.2 Å². The number of nitrogens with one attached hydrogen (secondary N) is 2. The summed E-state index contributed by atoms with van der Waals surface area (Å²) in [4.78, 5) is 38.0. The number of rotatable bonds is 6. The van der Waals surface area contributed by atoms with Gasteiger partial charge in [-0.15, -0.1) is 0 Å². The first-order valence-corrected chi connectivity index (χ1v) is 14.7. The minimum Gasteiger partial charge on any atom is -0.340 e. The van der Waals surface area contributed by atoms with Crippen LogP contribution in [0.2, 0.25) is 5.02 Å². The summed E-state index contributed by atoms with van der Waals surface area (Å²) < 4.78 is 43.6. The number of hydrogen-bond acceptors (Lipinski definition) is 8. The van der Waals surface area contributed by atoms with Gasteiger partial charge in [0, 0.05) is 55.9 Å². The number of anilines is 2. The third kappa shape index (κ3) is 5.13. The van der Waals surface area contributed by atoms with Gasteiger partial charge in [-0.25, -0.2) is 9.97 Å². The number of imidazole rings is 1. The number of nitrogens with zero attached hydrogens (tertiary/aromatic N) is 8. The van der Waals surface area contributed by atoms with Crippen molar-refractivity contribution in [1.29, 1.82) is 5.26 Å². The molecule has 2 N–H and O–H groups in total. The summed E-state index contributed by atoms with van der Waals surface area (Å²) in [5.74, 6) is 0.192. The van der Waals surface area contributed by atoms with Crippen molar-refractivity contribution in [3.05, 3.63) is 59.3 Å². The lowest BCUT2D eigenvalue weighted by Gasteiger charge is -2.60. The highest BCUT2D eigenvalue weighted by atomic mass is 35.5. The standard InChI is InChI=1S/C29H26ClF3N10O2/c30-20-10-17(3-4-18(20)26(44)40-13-28(14-40)15-41(16-28)27(45)21-2-1-6-35-21)38-24-25-37-11-22(43(25)9-7-36-24)19-12-42(8-5-34)39-23(19)29(31,32)33/h3-4,7,9-12,21,35H,1-2,6,8,13-16H2,(H,36,38)/t21-/m0/s1. The number of carbonyl (C=O) groups excluding carboxylic acids is 2. The lowest BCUT2D eigenvalue weighted by Crippen LogP contribution is -2.74. The van der Waals surface area contributed by atoms with Gasteiger partial charge in [0.15, 0.2) is 17.2 Å². The second kappa shape index (κ2) is 10.7. The van der Waals surface area contributed by atoms with Crippen molar-refractivity contribution in [3.63, 3.8) is 0 Å². The Bertz CT molecular complexity index is 1860. The van der Waals surface area contributed by atoms with Gasteiger partial charge >= 0.3 is 6.18 Å². The Kier molecular flexibility index (Phi) is 6.93. The van der Waals surface area contributed by atoms with Crippen molar-refractivity contribution in [1.82, 2.24) is 39.3 Å². The molecule has 7 rings (SSSR count). The van der Waals surface area contributed by atoms with Crippen LogP contribution in [0.3, 0.4) is 0 Å². The molecule has 45 heavy (non-hydrogen) atoms. The molecule has 1 aromatic carbocycles. The minimum absolute atomic E-state index is 0.0550. The van der Waals surface area contributed by atoms with E-state index in [-0.39, 0.29) is 57.6 Å². The van der Waals surface area contributed by atoms with Gasteiger partial charge < -0.3 is 20.4 Å². The molecule has 1 spiro atoms. The van der Waals surface area contributed by atoms with Crippen molar-refractivity contribution in [3.8, 4) is 17.3 Å². The molecule has 3 aromatic heterocycles. The molecule has 6 heterocycles. The number of hydrogen-bond donors (Lipinski definition) is 2. The number of alkyl halides is 3. The molecule has 3 saturated heterocycles. The van der Waals surface area contributed by atoms with E-state index < -0.39 is 11.9 Å². The summed E-state index contributed by atoms with van der Waals surface area (Å²) in [5.41, 5.74) is -0.222. The van der Waals surface area contributed by atoms with Gasteiger partial charge in [-0.1, -0.05) is 11.6 Å². The topological polar surface area (TPSA) is 136 Å². The number of nitriles is 1. The Hall–Kier alpha value is -4.68. The van der Waals surface area contributed by atoms with Crippen molar-refractivity contribution in [2.45, 2.75) is 31.6 Å². The molecule has 1 atom stereocenters. The van der Waals surface area contributed by atoms with E-state index in [1.807, 2.05) is 4.90 Å². The molecular formula is C29H26ClF3N10O2. The van der Waals surface area contributed by atoms with Crippen LogP contribution < -0.4 is 10.6 Å². The third-order valence-electron chi connectivity index (χ3n) is 8.49. The van der Waals surface area contributed by atoms with E-state index in [4.69, 9.17) is 16.9 Å². The molecule has 0 saturated carbocycles. The number of halogens is 4. The number of benzene rings is 1. The van der Waals surface area contributed by atoms with Crippen LogP contribution in [0.4, 0.5) is 24.7 Å². The molecule has 16 heteroatoms. The maximum Gasteiger partial charge on any atom is 0.435 e. The SMILES string of the molecule is N#CCn1cc(-c2cnc3c(Nc4ccc(C(=O)N5CC6(C5)CN(C(=O)[C@@H]5CCCN5)C6)c(Cl)c4)nccn23)c(C(F)(F)F)n1. The highest BCUT2D eigenvalue weighted by Gasteiger charge is 2.55. The number of carbonyl (C=O) groups is 2. The largest absolute Gasteiger partial charge is 0.435 e. The van der Waals surface area contributed by atoms with Crippen LogP contribution in [0.5, 0.6) is 0 Å². The molecule has 0 bridgehead atoms. The van der Waals surface area contributed by atoms with E-state index in [2.05, 4.69) is 25.7 Å². The Morgan fingerprint density at radius 3 is 2.64 bits per heavy atom. The maximum absolute atomic E-state index is 13.8. The summed E-state index contributed by atoms with van der Waals surface area (Å²) >= 11 is 6.54. The lowest BCUT2D eigenvalue weighted by molar-refractivity contribution is -0.156. The molecule has 2 amide bonds. The third-order valence-corrected chi connectivity index (χ3v) is 8.80. The summed E-state index contributed by atoms with van der Waals surface area (Å²) in [6.07, 6.45) is 2.45. The average molecular weight is 639 g/mol. The molecule has 0 radical (unpaired) electrons. The first-order chi connectivity index (χ1) is 21.5. The molecule has 232 valence electrons. The number of aromatic nitrogens is 5. The predicted molar refractivity (Wildman–Crippen MR) is 155 cm³/mol. The summed E-state index contributed by atoms with van der Waals surface area (Å²) in [6, 6.07) is 6.54. The van der Waals surface area contributed by atoms with E-state index in [0.717, 1.165) is 30.3 Å². The summed E-state index contributed by atoms with van der Waals surface area (Å²) in [7, 11) is 0. The molecule has 3 fully saturated rings. The van der Waals surface area contributed by atoms with Crippen molar-refractivity contribution in [2.24, 2.45) is 5.41 Å². The zero-order chi connectivity index (χ0) is 31.5. The molecule has 3 aliphatic heterocycles. The van der Waals surface area contributed by atoms with E-state index >= 15 is 0 Å². The van der Waals surface area contributed by atoms with Gasteiger partial charge in [-0.05, 0) is 37.6 Å². The predicted octanol–water partition coefficient (Wildman–Crippen LogP) is 3.57. The molecule has 12 nitrogen and oxygen atoms in total. The number of amides is 2. The van der Waals surface area contributed by atoms with E-state index in [9.17, 15) is 22.8 Å². The van der Waals surface area contributed by atoms with Gasteiger partial charge in [0.05, 0.1) is 40.2 Å². The summed E-state index contributed by atoms with van der Waals surface area (Å²) in [5, 5.41) is 19.0. The highest BCUT2D eigenvalue weighted by Crippen LogP contribution is 2.41. The van der Waals surface area contributed by atoms with Crippen molar-refractivity contribution >= 4 is 40.6 Å². The van der Waals surface area contributed by atoms with Crippen LogP contribution >= 0.6 is 11.6 Å².